The summed E-state index contributed by atoms with van der Waals surface area (Å²) in [5.41, 5.74) is 3.43. The monoisotopic (exact) mass is 405 g/mol. The second-order valence-corrected chi connectivity index (χ2v) is 9.64. The van der Waals surface area contributed by atoms with Crippen LogP contribution in [-0.2, 0) is 10.0 Å². The Morgan fingerprint density at radius 3 is 2.33 bits per heavy atom. The lowest BCUT2D eigenvalue weighted by Gasteiger charge is -2.33. The van der Waals surface area contributed by atoms with Crippen molar-refractivity contribution in [3.05, 3.63) is 53.3 Å². The molecule has 27 heavy (non-hydrogen) atoms. The molecule has 8 heteroatoms. The molecule has 2 aromatic carbocycles. The average Bonchev–Trinajstić information content (AvgIpc) is 3.10. The van der Waals surface area contributed by atoms with E-state index in [0.29, 0.717) is 26.2 Å². The minimum atomic E-state index is -3.60. The van der Waals surface area contributed by atoms with Crippen molar-refractivity contribution in [3.8, 4) is 0 Å². The van der Waals surface area contributed by atoms with Gasteiger partial charge in [0.1, 0.15) is 5.82 Å². The Kier molecular flexibility index (Phi) is 4.65. The number of hydrogen-bond acceptors (Lipinski definition) is 5. The maximum atomic E-state index is 13.1. The second kappa shape index (κ2) is 6.85. The molecule has 1 aliphatic heterocycles. The molecule has 1 aromatic heterocycles. The summed E-state index contributed by atoms with van der Waals surface area (Å²) in [6.07, 6.45) is 0. The fourth-order valence-corrected chi connectivity index (χ4v) is 5.72. The predicted molar refractivity (Wildman–Crippen MR) is 106 cm³/mol. The fraction of sp³-hybridized carbons (Fsp3) is 0.316. The number of anilines is 1. The number of thiazole rings is 1. The van der Waals surface area contributed by atoms with Crippen molar-refractivity contribution in [2.45, 2.75) is 18.7 Å². The second-order valence-electron chi connectivity index (χ2n) is 6.70. The van der Waals surface area contributed by atoms with Crippen LogP contribution in [0.4, 0.5) is 9.52 Å². The number of halogens is 1. The summed E-state index contributed by atoms with van der Waals surface area (Å²) in [6.45, 7) is 6.08. The van der Waals surface area contributed by atoms with Gasteiger partial charge >= 0.3 is 0 Å². The first-order valence-electron chi connectivity index (χ1n) is 8.74. The molecule has 5 nitrogen and oxygen atoms in total. The van der Waals surface area contributed by atoms with Gasteiger partial charge in [0.2, 0.25) is 10.0 Å². The summed E-state index contributed by atoms with van der Waals surface area (Å²) in [5.74, 6) is -0.444. The van der Waals surface area contributed by atoms with Crippen LogP contribution in [0, 0.1) is 19.7 Å². The van der Waals surface area contributed by atoms with Crippen molar-refractivity contribution >= 4 is 36.7 Å². The average molecular weight is 406 g/mol. The van der Waals surface area contributed by atoms with Gasteiger partial charge in [-0.2, -0.15) is 4.31 Å². The van der Waals surface area contributed by atoms with E-state index in [9.17, 15) is 12.8 Å². The van der Waals surface area contributed by atoms with E-state index in [0.717, 1.165) is 15.3 Å². The van der Waals surface area contributed by atoms with Crippen molar-refractivity contribution in [2.75, 3.05) is 31.1 Å². The molecule has 0 aliphatic carbocycles. The minimum absolute atomic E-state index is 0.128. The van der Waals surface area contributed by atoms with Gasteiger partial charge in [0.25, 0.3) is 0 Å². The first-order valence-corrected chi connectivity index (χ1v) is 11.0. The minimum Gasteiger partial charge on any atom is -0.345 e. The number of hydrogen-bond donors (Lipinski definition) is 0. The molecule has 0 saturated carbocycles. The number of benzene rings is 2. The molecule has 2 heterocycles. The van der Waals surface area contributed by atoms with Crippen molar-refractivity contribution in [3.63, 3.8) is 0 Å². The summed E-state index contributed by atoms with van der Waals surface area (Å²) in [4.78, 5) is 7.05. The molecule has 0 bridgehead atoms. The van der Waals surface area contributed by atoms with E-state index in [1.54, 1.807) is 11.3 Å². The highest BCUT2D eigenvalue weighted by Crippen LogP contribution is 2.32. The Balaban J connectivity index is 1.52. The third-order valence-corrected chi connectivity index (χ3v) is 8.03. The zero-order valence-corrected chi connectivity index (χ0v) is 16.8. The van der Waals surface area contributed by atoms with E-state index in [1.807, 2.05) is 0 Å². The van der Waals surface area contributed by atoms with Crippen LogP contribution < -0.4 is 4.90 Å². The number of aromatic nitrogens is 1. The third-order valence-electron chi connectivity index (χ3n) is 5.03. The maximum Gasteiger partial charge on any atom is 0.243 e. The number of fused-ring (bicyclic) bond motifs is 1. The number of piperazine rings is 1. The molecule has 0 unspecified atom stereocenters. The van der Waals surface area contributed by atoms with Crippen LogP contribution in [0.3, 0.4) is 0 Å². The topological polar surface area (TPSA) is 53.5 Å². The van der Waals surface area contributed by atoms with Crippen molar-refractivity contribution in [1.29, 1.82) is 0 Å². The molecular formula is C19H20FN3O2S2. The van der Waals surface area contributed by atoms with Gasteiger partial charge in [-0.15, -0.1) is 0 Å². The maximum absolute atomic E-state index is 13.1. The molecule has 3 aromatic rings. The van der Waals surface area contributed by atoms with Gasteiger partial charge < -0.3 is 4.90 Å². The zero-order chi connectivity index (χ0) is 19.2. The lowest BCUT2D eigenvalue weighted by molar-refractivity contribution is 0.385. The van der Waals surface area contributed by atoms with Crippen LogP contribution in [0.15, 0.2) is 41.3 Å². The van der Waals surface area contributed by atoms with Crippen LogP contribution in [0.5, 0.6) is 0 Å². The van der Waals surface area contributed by atoms with Gasteiger partial charge in [-0.05, 0) is 55.3 Å². The lowest BCUT2D eigenvalue weighted by Crippen LogP contribution is -2.48. The Labute approximate surface area is 162 Å². The number of sulfonamides is 1. The SMILES string of the molecule is Cc1ccc2sc(N3CCN(S(=O)(=O)c4ccc(F)cc4)CC3)nc2c1C. The van der Waals surface area contributed by atoms with Crippen LogP contribution in [0.2, 0.25) is 0 Å². The number of nitrogens with zero attached hydrogens (tertiary/aromatic N) is 3. The van der Waals surface area contributed by atoms with Gasteiger partial charge in [-0.3, -0.25) is 0 Å². The van der Waals surface area contributed by atoms with Crippen LogP contribution in [0.1, 0.15) is 11.1 Å². The van der Waals surface area contributed by atoms with Crippen LogP contribution >= 0.6 is 11.3 Å². The van der Waals surface area contributed by atoms with Crippen molar-refractivity contribution < 1.29 is 12.8 Å². The molecular weight excluding hydrogens is 385 g/mol. The zero-order valence-electron chi connectivity index (χ0n) is 15.1. The van der Waals surface area contributed by atoms with E-state index >= 15 is 0 Å². The molecule has 0 amide bonds. The first-order chi connectivity index (χ1) is 12.9. The fourth-order valence-electron chi connectivity index (χ4n) is 3.22. The molecule has 0 radical (unpaired) electrons. The van der Waals surface area contributed by atoms with E-state index in [1.165, 1.54) is 39.7 Å². The Morgan fingerprint density at radius 1 is 1.00 bits per heavy atom. The highest BCUT2D eigenvalue weighted by Gasteiger charge is 2.29. The summed E-state index contributed by atoms with van der Waals surface area (Å²) in [7, 11) is -3.60. The Hall–Kier alpha value is -2.03. The van der Waals surface area contributed by atoms with E-state index in [-0.39, 0.29) is 4.90 Å². The molecule has 1 fully saturated rings. The standard InChI is InChI=1S/C19H20FN3O2S2/c1-13-3-8-17-18(14(13)2)21-19(26-17)22-9-11-23(12-10-22)27(24,25)16-6-4-15(20)5-7-16/h3-8H,9-12H2,1-2H3. The molecule has 0 N–H and O–H groups in total. The van der Waals surface area contributed by atoms with Gasteiger partial charge in [0.15, 0.2) is 5.13 Å². The molecule has 4 rings (SSSR count). The molecule has 0 atom stereocenters. The summed E-state index contributed by atoms with van der Waals surface area (Å²) in [6, 6.07) is 9.18. The molecule has 1 saturated heterocycles. The molecule has 142 valence electrons. The normalized spacial score (nSPS) is 16.2. The van der Waals surface area contributed by atoms with Gasteiger partial charge in [0.05, 0.1) is 15.1 Å². The summed E-state index contributed by atoms with van der Waals surface area (Å²) >= 11 is 1.64. The highest BCUT2D eigenvalue weighted by molar-refractivity contribution is 7.89. The van der Waals surface area contributed by atoms with Gasteiger partial charge in [-0.25, -0.2) is 17.8 Å². The third kappa shape index (κ3) is 3.33. The van der Waals surface area contributed by atoms with Gasteiger partial charge in [0, 0.05) is 26.2 Å². The highest BCUT2D eigenvalue weighted by atomic mass is 32.2. The quantitative estimate of drug-likeness (QED) is 0.669. The molecule has 0 spiro atoms. The van der Waals surface area contributed by atoms with Crippen LogP contribution in [0.25, 0.3) is 10.2 Å². The summed E-state index contributed by atoms with van der Waals surface area (Å²) < 4.78 is 41.2. The van der Waals surface area contributed by atoms with E-state index in [4.69, 9.17) is 4.98 Å². The predicted octanol–water partition coefficient (Wildman–Crippen LogP) is 3.56. The summed E-state index contributed by atoms with van der Waals surface area (Å²) in [5, 5.41) is 0.928. The van der Waals surface area contributed by atoms with E-state index < -0.39 is 15.8 Å². The molecule has 1 aliphatic rings. The Bertz CT molecular complexity index is 1090. The lowest BCUT2D eigenvalue weighted by atomic mass is 10.1. The Morgan fingerprint density at radius 2 is 1.67 bits per heavy atom. The van der Waals surface area contributed by atoms with Gasteiger partial charge in [-0.1, -0.05) is 17.4 Å². The first kappa shape index (κ1) is 18.3. The smallest absolute Gasteiger partial charge is 0.243 e. The number of aryl methyl sites for hydroxylation is 2. The van der Waals surface area contributed by atoms with Crippen LogP contribution in [-0.4, -0.2) is 43.9 Å². The van der Waals surface area contributed by atoms with Crippen molar-refractivity contribution in [1.82, 2.24) is 9.29 Å². The van der Waals surface area contributed by atoms with Crippen molar-refractivity contribution in [2.24, 2.45) is 0 Å². The largest absolute Gasteiger partial charge is 0.345 e. The van der Waals surface area contributed by atoms with E-state index in [2.05, 4.69) is 30.9 Å². The number of rotatable bonds is 3.